The fourth-order valence-electron chi connectivity index (χ4n) is 3.34. The lowest BCUT2D eigenvalue weighted by molar-refractivity contribution is -0.386. The highest BCUT2D eigenvalue weighted by Gasteiger charge is 2.27. The Labute approximate surface area is 152 Å². The number of nitro groups is 1. The second kappa shape index (κ2) is 6.95. The van der Waals surface area contributed by atoms with Crippen molar-refractivity contribution in [1.82, 2.24) is 0 Å². The number of fused-ring (bicyclic) bond motifs is 1. The van der Waals surface area contributed by atoms with E-state index in [1.54, 1.807) is 0 Å². The van der Waals surface area contributed by atoms with Crippen molar-refractivity contribution in [1.29, 1.82) is 0 Å². The average molecular weight is 375 g/mol. The van der Waals surface area contributed by atoms with Crippen molar-refractivity contribution in [3.63, 3.8) is 0 Å². The number of nitrogens with zero attached hydrogens (tertiary/aromatic N) is 2. The van der Waals surface area contributed by atoms with E-state index in [-0.39, 0.29) is 16.6 Å². The molecule has 7 nitrogen and oxygen atoms in total. The van der Waals surface area contributed by atoms with Crippen LogP contribution < -0.4 is 10.2 Å². The summed E-state index contributed by atoms with van der Waals surface area (Å²) in [5.41, 5.74) is 2.30. The number of sulfone groups is 1. The molecule has 138 valence electrons. The van der Waals surface area contributed by atoms with Crippen LogP contribution in [0.4, 0.5) is 17.1 Å². The van der Waals surface area contributed by atoms with Crippen LogP contribution in [0.1, 0.15) is 12.5 Å². The van der Waals surface area contributed by atoms with E-state index in [4.69, 9.17) is 0 Å². The minimum Gasteiger partial charge on any atom is -0.377 e. The molecule has 1 aliphatic heterocycles. The summed E-state index contributed by atoms with van der Waals surface area (Å²) < 4.78 is 23.7. The molecule has 1 atom stereocenters. The van der Waals surface area contributed by atoms with Crippen LogP contribution in [0.25, 0.3) is 0 Å². The van der Waals surface area contributed by atoms with Crippen LogP contribution in [0, 0.1) is 10.1 Å². The van der Waals surface area contributed by atoms with Gasteiger partial charge in [-0.05, 0) is 37.1 Å². The quantitative estimate of drug-likeness (QED) is 0.616. The third-order valence-electron chi connectivity index (χ3n) is 4.62. The number of rotatable bonds is 6. The summed E-state index contributed by atoms with van der Waals surface area (Å²) in [4.78, 5) is 12.8. The molecule has 0 aromatic heterocycles. The lowest BCUT2D eigenvalue weighted by atomic mass is 10.1. The standard InChI is InChI=1S/C18H21N3O4S/c1-13(20-11-10-14-6-3-4-8-16(14)20)12-19-15-7-5-9-17(26(2,24)25)18(15)21(22)23/h3-9,13,19H,10-12H2,1-2H3. The molecule has 1 heterocycles. The first-order chi connectivity index (χ1) is 12.3. The number of hydrogen-bond donors (Lipinski definition) is 1. The molecule has 0 saturated heterocycles. The zero-order valence-electron chi connectivity index (χ0n) is 14.7. The molecule has 26 heavy (non-hydrogen) atoms. The zero-order chi connectivity index (χ0) is 18.9. The Balaban J connectivity index is 1.81. The van der Waals surface area contributed by atoms with Gasteiger partial charge in [0.25, 0.3) is 0 Å². The first-order valence-corrected chi connectivity index (χ1v) is 10.2. The molecule has 1 aliphatic rings. The third kappa shape index (κ3) is 3.50. The second-order valence-electron chi connectivity index (χ2n) is 6.48. The zero-order valence-corrected chi connectivity index (χ0v) is 15.5. The normalized spacial score (nSPS) is 14.8. The molecule has 0 aliphatic carbocycles. The van der Waals surface area contributed by atoms with Crippen LogP contribution in [0.5, 0.6) is 0 Å². The van der Waals surface area contributed by atoms with Gasteiger partial charge in [-0.15, -0.1) is 0 Å². The summed E-state index contributed by atoms with van der Waals surface area (Å²) in [5, 5.41) is 14.5. The van der Waals surface area contributed by atoms with Crippen molar-refractivity contribution in [2.24, 2.45) is 0 Å². The van der Waals surface area contributed by atoms with E-state index in [1.165, 1.54) is 29.4 Å². The van der Waals surface area contributed by atoms with E-state index < -0.39 is 20.4 Å². The molecule has 8 heteroatoms. The first kappa shape index (κ1) is 18.2. The fraction of sp³-hybridized carbons (Fsp3) is 0.333. The van der Waals surface area contributed by atoms with Crippen molar-refractivity contribution in [2.45, 2.75) is 24.3 Å². The van der Waals surface area contributed by atoms with E-state index in [2.05, 4.69) is 22.3 Å². The summed E-state index contributed by atoms with van der Waals surface area (Å²) in [5.74, 6) is 0. The fourth-order valence-corrected chi connectivity index (χ4v) is 4.20. The summed E-state index contributed by atoms with van der Waals surface area (Å²) in [7, 11) is -3.69. The van der Waals surface area contributed by atoms with Gasteiger partial charge in [0, 0.05) is 31.1 Å². The van der Waals surface area contributed by atoms with E-state index in [9.17, 15) is 18.5 Å². The molecule has 2 aromatic rings. The maximum atomic E-state index is 11.9. The van der Waals surface area contributed by atoms with Gasteiger partial charge in [-0.3, -0.25) is 10.1 Å². The Morgan fingerprint density at radius 1 is 1.23 bits per heavy atom. The number of benzene rings is 2. The molecule has 0 amide bonds. The predicted molar refractivity (Wildman–Crippen MR) is 102 cm³/mol. The van der Waals surface area contributed by atoms with Crippen molar-refractivity contribution < 1.29 is 13.3 Å². The lowest BCUT2D eigenvalue weighted by Gasteiger charge is -2.28. The third-order valence-corrected chi connectivity index (χ3v) is 5.75. The SMILES string of the molecule is CC(CNc1cccc(S(C)(=O)=O)c1[N+](=O)[O-])N1CCc2ccccc21. The highest BCUT2D eigenvalue weighted by molar-refractivity contribution is 7.90. The van der Waals surface area contributed by atoms with Gasteiger partial charge in [0.05, 0.1) is 4.92 Å². The topological polar surface area (TPSA) is 92.5 Å². The Morgan fingerprint density at radius 3 is 2.65 bits per heavy atom. The van der Waals surface area contributed by atoms with Gasteiger partial charge in [-0.25, -0.2) is 8.42 Å². The Hall–Kier alpha value is -2.61. The van der Waals surface area contributed by atoms with E-state index >= 15 is 0 Å². The van der Waals surface area contributed by atoms with Gasteiger partial charge in [0.2, 0.25) is 0 Å². The van der Waals surface area contributed by atoms with Crippen molar-refractivity contribution in [3.05, 3.63) is 58.1 Å². The van der Waals surface area contributed by atoms with Gasteiger partial charge < -0.3 is 10.2 Å². The first-order valence-electron chi connectivity index (χ1n) is 8.35. The van der Waals surface area contributed by atoms with Gasteiger partial charge >= 0.3 is 5.69 Å². The van der Waals surface area contributed by atoms with Crippen LogP contribution in [0.2, 0.25) is 0 Å². The van der Waals surface area contributed by atoms with Crippen LogP contribution in [-0.4, -0.2) is 38.7 Å². The largest absolute Gasteiger partial charge is 0.377 e. The second-order valence-corrected chi connectivity index (χ2v) is 8.47. The van der Waals surface area contributed by atoms with E-state index in [0.29, 0.717) is 6.54 Å². The number of para-hydroxylation sites is 2. The van der Waals surface area contributed by atoms with Crippen molar-refractivity contribution >= 4 is 26.9 Å². The van der Waals surface area contributed by atoms with Crippen LogP contribution in [0.15, 0.2) is 47.4 Å². The summed E-state index contributed by atoms with van der Waals surface area (Å²) in [6.07, 6.45) is 1.95. The lowest BCUT2D eigenvalue weighted by Crippen LogP contribution is -2.36. The molecular weight excluding hydrogens is 354 g/mol. The monoisotopic (exact) mass is 375 g/mol. The minimum absolute atomic E-state index is 0.0974. The van der Waals surface area contributed by atoms with Gasteiger partial charge in [-0.1, -0.05) is 24.3 Å². The summed E-state index contributed by atoms with van der Waals surface area (Å²) in [6.45, 7) is 3.40. The molecule has 3 rings (SSSR count). The van der Waals surface area contributed by atoms with Crippen LogP contribution in [-0.2, 0) is 16.3 Å². The van der Waals surface area contributed by atoms with Crippen LogP contribution >= 0.6 is 0 Å². The number of hydrogen-bond acceptors (Lipinski definition) is 6. The summed E-state index contributed by atoms with van der Waals surface area (Å²) >= 11 is 0. The molecule has 0 radical (unpaired) electrons. The molecule has 0 saturated carbocycles. The number of nitro benzene ring substituents is 1. The molecule has 2 aromatic carbocycles. The van der Waals surface area contributed by atoms with Crippen molar-refractivity contribution in [2.75, 3.05) is 29.6 Å². The number of nitrogens with one attached hydrogen (secondary N) is 1. The van der Waals surface area contributed by atoms with Crippen LogP contribution in [0.3, 0.4) is 0 Å². The predicted octanol–water partition coefficient (Wildman–Crippen LogP) is 2.86. The summed E-state index contributed by atoms with van der Waals surface area (Å²) in [6, 6.07) is 12.6. The van der Waals surface area contributed by atoms with Gasteiger partial charge in [-0.2, -0.15) is 0 Å². The Kier molecular flexibility index (Phi) is 4.86. The maximum Gasteiger partial charge on any atom is 0.310 e. The highest BCUT2D eigenvalue weighted by Crippen LogP contribution is 2.33. The van der Waals surface area contributed by atoms with Gasteiger partial charge in [0.15, 0.2) is 9.84 Å². The van der Waals surface area contributed by atoms with Crippen molar-refractivity contribution in [3.8, 4) is 0 Å². The molecular formula is C18H21N3O4S. The minimum atomic E-state index is -3.69. The molecule has 1 unspecified atom stereocenters. The van der Waals surface area contributed by atoms with E-state index in [0.717, 1.165) is 19.2 Å². The maximum absolute atomic E-state index is 11.9. The van der Waals surface area contributed by atoms with Gasteiger partial charge in [0.1, 0.15) is 10.6 Å². The Morgan fingerprint density at radius 2 is 1.96 bits per heavy atom. The average Bonchev–Trinajstić information content (AvgIpc) is 3.02. The molecule has 0 fully saturated rings. The van der Waals surface area contributed by atoms with E-state index in [1.807, 2.05) is 19.1 Å². The smallest absolute Gasteiger partial charge is 0.310 e. The number of anilines is 2. The molecule has 0 bridgehead atoms. The molecule has 1 N–H and O–H groups in total. The molecule has 0 spiro atoms. The highest BCUT2D eigenvalue weighted by atomic mass is 32.2. The Bertz CT molecular complexity index is 943.